The third-order valence-electron chi connectivity index (χ3n) is 5.62. The maximum absolute atomic E-state index is 12.6. The van der Waals surface area contributed by atoms with E-state index in [-0.39, 0.29) is 17.9 Å². The molecule has 1 atom stereocenters. The average Bonchev–Trinajstić information content (AvgIpc) is 3.17. The van der Waals surface area contributed by atoms with Gasteiger partial charge in [0.2, 0.25) is 11.8 Å². The molecule has 4 heterocycles. The van der Waals surface area contributed by atoms with Crippen LogP contribution in [0.5, 0.6) is 5.88 Å². The van der Waals surface area contributed by atoms with Gasteiger partial charge in [-0.25, -0.2) is 9.97 Å². The summed E-state index contributed by atoms with van der Waals surface area (Å²) in [4.78, 5) is 25.6. The first-order valence-electron chi connectivity index (χ1n) is 9.90. The SMILES string of the molecule is O=C(C1CCOCC1)N1CCC(Oc2cc(N3CCCCC3)ncn2)C1. The molecule has 0 aromatic carbocycles. The highest BCUT2D eigenvalue weighted by Gasteiger charge is 2.32. The fourth-order valence-corrected chi connectivity index (χ4v) is 4.09. The second kappa shape index (κ2) is 8.20. The number of carbonyl (C=O) groups is 1. The topological polar surface area (TPSA) is 67.8 Å². The minimum absolute atomic E-state index is 0.0166. The maximum atomic E-state index is 12.6. The van der Waals surface area contributed by atoms with Crippen LogP contribution < -0.4 is 9.64 Å². The molecule has 0 aliphatic carbocycles. The van der Waals surface area contributed by atoms with Crippen LogP contribution >= 0.6 is 0 Å². The van der Waals surface area contributed by atoms with Crippen LogP contribution in [0.1, 0.15) is 38.5 Å². The molecule has 1 aromatic rings. The fraction of sp³-hybridized carbons (Fsp3) is 0.737. The van der Waals surface area contributed by atoms with Gasteiger partial charge < -0.3 is 19.3 Å². The van der Waals surface area contributed by atoms with E-state index in [9.17, 15) is 4.79 Å². The summed E-state index contributed by atoms with van der Waals surface area (Å²) in [7, 11) is 0. The lowest BCUT2D eigenvalue weighted by Crippen LogP contribution is -2.38. The maximum Gasteiger partial charge on any atom is 0.225 e. The molecule has 3 saturated heterocycles. The van der Waals surface area contributed by atoms with Crippen molar-refractivity contribution in [3.8, 4) is 5.88 Å². The number of nitrogens with zero attached hydrogens (tertiary/aromatic N) is 4. The van der Waals surface area contributed by atoms with E-state index in [1.807, 2.05) is 11.0 Å². The van der Waals surface area contributed by atoms with E-state index in [2.05, 4.69) is 14.9 Å². The fourth-order valence-electron chi connectivity index (χ4n) is 4.09. The van der Waals surface area contributed by atoms with Gasteiger partial charge in [0.15, 0.2) is 0 Å². The molecule has 7 nitrogen and oxygen atoms in total. The van der Waals surface area contributed by atoms with Crippen LogP contribution in [0, 0.1) is 5.92 Å². The first-order chi connectivity index (χ1) is 12.8. The van der Waals surface area contributed by atoms with Crippen molar-refractivity contribution in [2.24, 2.45) is 5.92 Å². The summed E-state index contributed by atoms with van der Waals surface area (Å²) in [6.07, 6.45) is 7.86. The van der Waals surface area contributed by atoms with Crippen LogP contribution in [0.15, 0.2) is 12.4 Å². The van der Waals surface area contributed by atoms with Crippen LogP contribution in [-0.2, 0) is 9.53 Å². The molecule has 3 aliphatic heterocycles. The van der Waals surface area contributed by atoms with E-state index in [0.717, 1.165) is 44.7 Å². The second-order valence-corrected chi connectivity index (χ2v) is 7.46. The Labute approximate surface area is 154 Å². The molecule has 3 fully saturated rings. The molecule has 0 N–H and O–H groups in total. The highest BCUT2D eigenvalue weighted by molar-refractivity contribution is 5.79. The zero-order valence-corrected chi connectivity index (χ0v) is 15.3. The van der Waals surface area contributed by atoms with E-state index in [1.165, 1.54) is 19.3 Å². The summed E-state index contributed by atoms with van der Waals surface area (Å²) in [6.45, 7) is 4.92. The molecule has 142 valence electrons. The van der Waals surface area contributed by atoms with Crippen molar-refractivity contribution in [2.75, 3.05) is 44.3 Å². The number of likely N-dealkylation sites (tertiary alicyclic amines) is 1. The highest BCUT2D eigenvalue weighted by Crippen LogP contribution is 2.24. The third kappa shape index (κ3) is 4.09. The lowest BCUT2D eigenvalue weighted by molar-refractivity contribution is -0.137. The predicted molar refractivity (Wildman–Crippen MR) is 97.3 cm³/mol. The molecule has 0 saturated carbocycles. The molecule has 1 amide bonds. The summed E-state index contributed by atoms with van der Waals surface area (Å²) >= 11 is 0. The summed E-state index contributed by atoms with van der Waals surface area (Å²) in [5.41, 5.74) is 0. The van der Waals surface area contributed by atoms with E-state index < -0.39 is 0 Å². The molecular formula is C19H28N4O3. The number of ether oxygens (including phenoxy) is 2. The summed E-state index contributed by atoms with van der Waals surface area (Å²) < 4.78 is 11.4. The summed E-state index contributed by atoms with van der Waals surface area (Å²) in [5.74, 6) is 1.94. The number of rotatable bonds is 4. The quantitative estimate of drug-likeness (QED) is 0.817. The lowest BCUT2D eigenvalue weighted by Gasteiger charge is -2.28. The van der Waals surface area contributed by atoms with Gasteiger partial charge in [-0.2, -0.15) is 0 Å². The van der Waals surface area contributed by atoms with E-state index >= 15 is 0 Å². The van der Waals surface area contributed by atoms with Crippen LogP contribution in [0.25, 0.3) is 0 Å². The first-order valence-corrected chi connectivity index (χ1v) is 9.90. The number of hydrogen-bond donors (Lipinski definition) is 0. The molecule has 26 heavy (non-hydrogen) atoms. The van der Waals surface area contributed by atoms with Gasteiger partial charge in [-0.3, -0.25) is 4.79 Å². The van der Waals surface area contributed by atoms with Gasteiger partial charge in [-0.1, -0.05) is 0 Å². The van der Waals surface area contributed by atoms with Gasteiger partial charge in [-0.05, 0) is 32.1 Å². The Kier molecular flexibility index (Phi) is 5.53. The van der Waals surface area contributed by atoms with Crippen molar-refractivity contribution in [3.05, 3.63) is 12.4 Å². The van der Waals surface area contributed by atoms with Crippen LogP contribution in [0.2, 0.25) is 0 Å². The monoisotopic (exact) mass is 360 g/mol. The third-order valence-corrected chi connectivity index (χ3v) is 5.62. The molecule has 0 bridgehead atoms. The molecular weight excluding hydrogens is 332 g/mol. The Balaban J connectivity index is 1.32. The Morgan fingerprint density at radius 1 is 1.08 bits per heavy atom. The number of piperidine rings is 1. The van der Waals surface area contributed by atoms with Crippen LogP contribution in [0.4, 0.5) is 5.82 Å². The Hall–Kier alpha value is -1.89. The molecule has 0 spiro atoms. The second-order valence-electron chi connectivity index (χ2n) is 7.46. The summed E-state index contributed by atoms with van der Waals surface area (Å²) in [6, 6.07) is 1.94. The minimum Gasteiger partial charge on any atom is -0.472 e. The van der Waals surface area contributed by atoms with E-state index in [1.54, 1.807) is 6.33 Å². The van der Waals surface area contributed by atoms with Crippen molar-refractivity contribution in [3.63, 3.8) is 0 Å². The van der Waals surface area contributed by atoms with Crippen molar-refractivity contribution in [1.82, 2.24) is 14.9 Å². The number of hydrogen-bond acceptors (Lipinski definition) is 6. The Morgan fingerprint density at radius 2 is 1.88 bits per heavy atom. The van der Waals surface area contributed by atoms with Gasteiger partial charge in [0, 0.05) is 51.3 Å². The lowest BCUT2D eigenvalue weighted by atomic mass is 9.99. The molecule has 7 heteroatoms. The van der Waals surface area contributed by atoms with Gasteiger partial charge in [0.1, 0.15) is 18.2 Å². The Bertz CT molecular complexity index is 615. The zero-order chi connectivity index (χ0) is 17.8. The minimum atomic E-state index is 0.0166. The summed E-state index contributed by atoms with van der Waals surface area (Å²) in [5, 5.41) is 0. The Morgan fingerprint density at radius 3 is 2.69 bits per heavy atom. The first kappa shape index (κ1) is 17.5. The number of aromatic nitrogens is 2. The molecule has 1 unspecified atom stereocenters. The molecule has 4 rings (SSSR count). The van der Waals surface area contributed by atoms with E-state index in [0.29, 0.717) is 25.6 Å². The van der Waals surface area contributed by atoms with Gasteiger partial charge in [0.05, 0.1) is 6.54 Å². The molecule has 3 aliphatic rings. The number of carbonyl (C=O) groups excluding carboxylic acids is 1. The largest absolute Gasteiger partial charge is 0.472 e. The smallest absolute Gasteiger partial charge is 0.225 e. The van der Waals surface area contributed by atoms with Crippen molar-refractivity contribution < 1.29 is 14.3 Å². The predicted octanol–water partition coefficient (Wildman–Crippen LogP) is 1.87. The zero-order valence-electron chi connectivity index (χ0n) is 15.3. The molecule has 0 radical (unpaired) electrons. The highest BCUT2D eigenvalue weighted by atomic mass is 16.5. The van der Waals surface area contributed by atoms with Crippen molar-refractivity contribution in [2.45, 2.75) is 44.6 Å². The van der Waals surface area contributed by atoms with Gasteiger partial charge in [-0.15, -0.1) is 0 Å². The van der Waals surface area contributed by atoms with Crippen molar-refractivity contribution in [1.29, 1.82) is 0 Å². The number of anilines is 1. The van der Waals surface area contributed by atoms with Crippen LogP contribution in [0.3, 0.4) is 0 Å². The average molecular weight is 360 g/mol. The normalized spacial score (nSPS) is 24.7. The standard InChI is InChI=1S/C19H28N4O3/c24-19(15-5-10-25-11-6-15)23-9-4-16(13-23)26-18-12-17(20-14-21-18)22-7-2-1-3-8-22/h12,14-16H,1-11,13H2. The van der Waals surface area contributed by atoms with Crippen molar-refractivity contribution >= 4 is 11.7 Å². The van der Waals surface area contributed by atoms with E-state index in [4.69, 9.17) is 9.47 Å². The van der Waals surface area contributed by atoms with Crippen LogP contribution in [-0.4, -0.2) is 66.3 Å². The van der Waals surface area contributed by atoms with Gasteiger partial charge >= 0.3 is 0 Å². The number of amides is 1. The van der Waals surface area contributed by atoms with Gasteiger partial charge in [0.25, 0.3) is 0 Å². The molecule has 1 aromatic heterocycles.